The second-order valence-electron chi connectivity index (χ2n) is 5.76. The fourth-order valence-corrected chi connectivity index (χ4v) is 3.13. The lowest BCUT2D eigenvalue weighted by Gasteiger charge is -2.11. The number of hydrogen-bond acceptors (Lipinski definition) is 4. The quantitative estimate of drug-likeness (QED) is 0.689. The number of thioether (sulfide) groups is 1. The van der Waals surface area contributed by atoms with Crippen molar-refractivity contribution in [1.82, 2.24) is 5.32 Å². The molecule has 0 saturated heterocycles. The van der Waals surface area contributed by atoms with Crippen molar-refractivity contribution < 1.29 is 4.74 Å². The lowest BCUT2D eigenvalue weighted by molar-refractivity contribution is 0.108. The molecular formula is C14H28N2OS. The van der Waals surface area contributed by atoms with Crippen LogP contribution in [0.5, 0.6) is 0 Å². The lowest BCUT2D eigenvalue weighted by atomic mass is 10.1. The van der Waals surface area contributed by atoms with Gasteiger partial charge in [0.25, 0.3) is 0 Å². The minimum atomic E-state index is 0.629. The van der Waals surface area contributed by atoms with E-state index in [0.29, 0.717) is 11.2 Å². The van der Waals surface area contributed by atoms with Crippen LogP contribution >= 0.6 is 11.8 Å². The molecule has 4 heteroatoms. The van der Waals surface area contributed by atoms with Crippen molar-refractivity contribution >= 4 is 16.9 Å². The molecule has 0 bridgehead atoms. The third kappa shape index (κ3) is 7.27. The average Bonchev–Trinajstić information content (AvgIpc) is 2.69. The van der Waals surface area contributed by atoms with Crippen LogP contribution in [0.4, 0.5) is 0 Å². The van der Waals surface area contributed by atoms with E-state index in [4.69, 9.17) is 4.74 Å². The molecule has 0 spiro atoms. The fraction of sp³-hybridized carbons (Fsp3) is 0.929. The van der Waals surface area contributed by atoms with Crippen molar-refractivity contribution in [1.29, 1.82) is 0 Å². The molecule has 1 unspecified atom stereocenters. The van der Waals surface area contributed by atoms with Gasteiger partial charge >= 0.3 is 0 Å². The molecule has 18 heavy (non-hydrogen) atoms. The van der Waals surface area contributed by atoms with Crippen molar-refractivity contribution in [3.05, 3.63) is 0 Å². The molecule has 1 aliphatic rings. The molecule has 0 amide bonds. The second-order valence-corrected chi connectivity index (χ2v) is 7.05. The molecule has 1 heterocycles. The third-order valence-corrected chi connectivity index (χ3v) is 3.82. The molecule has 0 aromatic heterocycles. The van der Waals surface area contributed by atoms with Crippen molar-refractivity contribution in [3.8, 4) is 0 Å². The molecule has 0 radical (unpaired) electrons. The third-order valence-electron chi connectivity index (χ3n) is 2.64. The Balaban J connectivity index is 1.97. The maximum Gasteiger partial charge on any atom is 0.156 e. The van der Waals surface area contributed by atoms with E-state index in [9.17, 15) is 0 Å². The van der Waals surface area contributed by atoms with Gasteiger partial charge in [-0.15, -0.1) is 0 Å². The lowest BCUT2D eigenvalue weighted by Crippen LogP contribution is -2.22. The average molecular weight is 272 g/mol. The van der Waals surface area contributed by atoms with Gasteiger partial charge in [-0.1, -0.05) is 39.5 Å². The molecule has 106 valence electrons. The van der Waals surface area contributed by atoms with Gasteiger partial charge in [-0.25, -0.2) is 0 Å². The van der Waals surface area contributed by atoms with Crippen molar-refractivity contribution in [2.45, 2.75) is 45.8 Å². The summed E-state index contributed by atoms with van der Waals surface area (Å²) in [5, 5.41) is 5.22. The molecular weight excluding hydrogens is 244 g/mol. The summed E-state index contributed by atoms with van der Waals surface area (Å²) in [4.78, 5) is 4.54. The predicted molar refractivity (Wildman–Crippen MR) is 81.4 cm³/mol. The molecule has 1 N–H and O–H groups in total. The van der Waals surface area contributed by atoms with Crippen LogP contribution in [0.25, 0.3) is 0 Å². The zero-order valence-corrected chi connectivity index (χ0v) is 13.1. The van der Waals surface area contributed by atoms with Crippen molar-refractivity contribution in [3.63, 3.8) is 0 Å². The summed E-state index contributed by atoms with van der Waals surface area (Å²) in [6, 6.07) is 0. The van der Waals surface area contributed by atoms with Gasteiger partial charge in [-0.2, -0.15) is 0 Å². The highest BCUT2D eigenvalue weighted by Crippen LogP contribution is 2.25. The Kier molecular flexibility index (Phi) is 7.75. The van der Waals surface area contributed by atoms with Gasteiger partial charge in [-0.05, 0) is 24.7 Å². The van der Waals surface area contributed by atoms with E-state index in [2.05, 4.69) is 38.0 Å². The van der Waals surface area contributed by atoms with E-state index in [-0.39, 0.29) is 0 Å². The Morgan fingerprint density at radius 2 is 2.11 bits per heavy atom. The molecule has 0 aliphatic carbocycles. The van der Waals surface area contributed by atoms with Crippen LogP contribution in [0, 0.1) is 11.8 Å². The second kappa shape index (κ2) is 8.81. The zero-order chi connectivity index (χ0) is 13.4. The summed E-state index contributed by atoms with van der Waals surface area (Å²) in [7, 11) is 0. The minimum absolute atomic E-state index is 0.629. The first-order valence-corrected chi connectivity index (χ1v) is 7.98. The Morgan fingerprint density at radius 1 is 1.33 bits per heavy atom. The summed E-state index contributed by atoms with van der Waals surface area (Å²) in [5.74, 6) is 1.39. The van der Waals surface area contributed by atoms with Gasteiger partial charge < -0.3 is 10.1 Å². The minimum Gasteiger partial charge on any atom is -0.381 e. The van der Waals surface area contributed by atoms with E-state index >= 15 is 0 Å². The van der Waals surface area contributed by atoms with Crippen LogP contribution in [-0.4, -0.2) is 36.7 Å². The largest absolute Gasteiger partial charge is 0.381 e. The van der Waals surface area contributed by atoms with Crippen molar-refractivity contribution in [2.75, 3.05) is 26.3 Å². The number of amidine groups is 1. The molecule has 1 aliphatic heterocycles. The Morgan fingerprint density at radius 3 is 2.78 bits per heavy atom. The first-order chi connectivity index (χ1) is 8.58. The number of ether oxygens (including phenoxy) is 1. The predicted octanol–water partition coefficient (Wildman–Crippen LogP) is 3.16. The van der Waals surface area contributed by atoms with Gasteiger partial charge in [0, 0.05) is 25.0 Å². The molecule has 1 rings (SSSR count). The number of rotatable bonds is 8. The highest BCUT2D eigenvalue weighted by molar-refractivity contribution is 8.14. The summed E-state index contributed by atoms with van der Waals surface area (Å²) >= 11 is 1.91. The van der Waals surface area contributed by atoms with E-state index < -0.39 is 0 Å². The SMILES string of the molecule is CC(C)COCCCNC1=NCC(CC(C)C)S1. The van der Waals surface area contributed by atoms with Crippen LogP contribution in [0.3, 0.4) is 0 Å². The summed E-state index contributed by atoms with van der Waals surface area (Å²) in [6.45, 7) is 12.6. The normalized spacial score (nSPS) is 19.7. The number of nitrogens with zero attached hydrogens (tertiary/aromatic N) is 1. The number of aliphatic imine (C=N–C) groups is 1. The van der Waals surface area contributed by atoms with E-state index in [0.717, 1.165) is 43.8 Å². The first kappa shape index (κ1) is 15.8. The van der Waals surface area contributed by atoms with Gasteiger partial charge in [0.15, 0.2) is 5.17 Å². The Hall–Kier alpha value is -0.220. The zero-order valence-electron chi connectivity index (χ0n) is 12.2. The van der Waals surface area contributed by atoms with Gasteiger partial charge in [0.05, 0.1) is 6.54 Å². The molecule has 0 aromatic carbocycles. The molecule has 0 fully saturated rings. The van der Waals surface area contributed by atoms with E-state index in [1.807, 2.05) is 11.8 Å². The van der Waals surface area contributed by atoms with Crippen LogP contribution < -0.4 is 5.32 Å². The fourth-order valence-electron chi connectivity index (χ4n) is 1.85. The maximum absolute atomic E-state index is 5.55. The molecule has 0 saturated carbocycles. The molecule has 0 aromatic rings. The number of nitrogens with one attached hydrogen (secondary N) is 1. The van der Waals surface area contributed by atoms with Crippen LogP contribution in [0.1, 0.15) is 40.5 Å². The van der Waals surface area contributed by atoms with Gasteiger partial charge in [-0.3, -0.25) is 4.99 Å². The van der Waals surface area contributed by atoms with Crippen LogP contribution in [-0.2, 0) is 4.74 Å². The highest BCUT2D eigenvalue weighted by Gasteiger charge is 2.19. The van der Waals surface area contributed by atoms with E-state index in [1.54, 1.807) is 0 Å². The van der Waals surface area contributed by atoms with E-state index in [1.165, 1.54) is 6.42 Å². The smallest absolute Gasteiger partial charge is 0.156 e. The Bertz CT molecular complexity index is 254. The molecule has 3 nitrogen and oxygen atoms in total. The Labute approximate surface area is 116 Å². The number of hydrogen-bond donors (Lipinski definition) is 1. The van der Waals surface area contributed by atoms with Crippen LogP contribution in [0.2, 0.25) is 0 Å². The van der Waals surface area contributed by atoms with Crippen molar-refractivity contribution in [2.24, 2.45) is 16.8 Å². The van der Waals surface area contributed by atoms with Crippen LogP contribution in [0.15, 0.2) is 4.99 Å². The standard InChI is InChI=1S/C14H28N2OS/c1-11(2)8-13-9-16-14(18-13)15-6-5-7-17-10-12(3)4/h11-13H,5-10H2,1-4H3,(H,15,16). The monoisotopic (exact) mass is 272 g/mol. The van der Waals surface area contributed by atoms with Gasteiger partial charge in [0.2, 0.25) is 0 Å². The molecule has 1 atom stereocenters. The topological polar surface area (TPSA) is 33.6 Å². The highest BCUT2D eigenvalue weighted by atomic mass is 32.2. The summed E-state index contributed by atoms with van der Waals surface area (Å²) < 4.78 is 5.55. The first-order valence-electron chi connectivity index (χ1n) is 7.10. The van der Waals surface area contributed by atoms with Gasteiger partial charge in [0.1, 0.15) is 0 Å². The summed E-state index contributed by atoms with van der Waals surface area (Å²) in [5.41, 5.74) is 0. The maximum atomic E-state index is 5.55. The summed E-state index contributed by atoms with van der Waals surface area (Å²) in [6.07, 6.45) is 2.32.